The maximum Gasteiger partial charge on any atom is 0.390 e. The third-order valence-electron chi connectivity index (χ3n) is 2.47. The van der Waals surface area contributed by atoms with E-state index in [1.165, 1.54) is 0 Å². The molecule has 1 heterocycles. The summed E-state index contributed by atoms with van der Waals surface area (Å²) in [5.74, 6) is -0.532. The number of hydrogen-bond donors (Lipinski definition) is 2. The van der Waals surface area contributed by atoms with E-state index in [0.29, 0.717) is 0 Å². The van der Waals surface area contributed by atoms with Crippen LogP contribution < -0.4 is 5.32 Å². The van der Waals surface area contributed by atoms with Gasteiger partial charge in [-0.15, -0.1) is 0 Å². The highest BCUT2D eigenvalue weighted by Gasteiger charge is 2.26. The van der Waals surface area contributed by atoms with Crippen LogP contribution in [0.15, 0.2) is 30.3 Å². The number of alkyl halides is 3. The Balaban J connectivity index is 2.01. The molecular weight excluding hydrogens is 245 g/mol. The standard InChI is InChI=1S/C12H11F3N2O/c13-12(14,15)5-6-16-11(18)10-7-8-3-1-2-4-9(8)17-10/h1-4,7,17H,5-6H2,(H,16,18). The Morgan fingerprint density at radius 2 is 2.00 bits per heavy atom. The fourth-order valence-corrected chi connectivity index (χ4v) is 1.61. The van der Waals surface area contributed by atoms with Gasteiger partial charge in [0.05, 0.1) is 6.42 Å². The quantitative estimate of drug-likeness (QED) is 0.871. The molecule has 0 aliphatic heterocycles. The van der Waals surface area contributed by atoms with E-state index in [9.17, 15) is 18.0 Å². The molecule has 1 aromatic carbocycles. The van der Waals surface area contributed by atoms with Crippen molar-refractivity contribution in [2.24, 2.45) is 0 Å². The average Bonchev–Trinajstić information content (AvgIpc) is 2.70. The minimum Gasteiger partial charge on any atom is -0.351 e. The lowest BCUT2D eigenvalue weighted by atomic mass is 10.2. The summed E-state index contributed by atoms with van der Waals surface area (Å²) in [6, 6.07) is 8.85. The largest absolute Gasteiger partial charge is 0.390 e. The third kappa shape index (κ3) is 3.03. The van der Waals surface area contributed by atoms with E-state index in [-0.39, 0.29) is 5.69 Å². The van der Waals surface area contributed by atoms with Crippen molar-refractivity contribution in [1.82, 2.24) is 10.3 Å². The van der Waals surface area contributed by atoms with Gasteiger partial charge in [0, 0.05) is 17.4 Å². The average molecular weight is 256 g/mol. The van der Waals surface area contributed by atoms with Crippen LogP contribution >= 0.6 is 0 Å². The summed E-state index contributed by atoms with van der Waals surface area (Å²) in [5, 5.41) is 3.07. The number of nitrogens with one attached hydrogen (secondary N) is 2. The first kappa shape index (κ1) is 12.5. The zero-order valence-electron chi connectivity index (χ0n) is 9.34. The molecule has 0 spiro atoms. The first-order chi connectivity index (χ1) is 8.46. The second-order valence-electron chi connectivity index (χ2n) is 3.89. The number of carbonyl (C=O) groups excluding carboxylic acids is 1. The maximum absolute atomic E-state index is 11.9. The number of benzene rings is 1. The van der Waals surface area contributed by atoms with Crippen molar-refractivity contribution in [3.8, 4) is 0 Å². The molecule has 2 N–H and O–H groups in total. The number of halogens is 3. The van der Waals surface area contributed by atoms with Crippen LogP contribution in [0.2, 0.25) is 0 Å². The number of carbonyl (C=O) groups is 1. The zero-order chi connectivity index (χ0) is 13.2. The first-order valence-electron chi connectivity index (χ1n) is 5.38. The predicted molar refractivity (Wildman–Crippen MR) is 61.3 cm³/mol. The zero-order valence-corrected chi connectivity index (χ0v) is 9.34. The summed E-state index contributed by atoms with van der Waals surface area (Å²) >= 11 is 0. The van der Waals surface area contributed by atoms with Gasteiger partial charge in [0.25, 0.3) is 5.91 Å². The molecule has 6 heteroatoms. The summed E-state index contributed by atoms with van der Waals surface area (Å²) in [5.41, 5.74) is 1.04. The van der Waals surface area contributed by atoms with Crippen LogP contribution in [0.25, 0.3) is 10.9 Å². The van der Waals surface area contributed by atoms with Crippen molar-refractivity contribution in [3.63, 3.8) is 0 Å². The van der Waals surface area contributed by atoms with Crippen LogP contribution in [0.4, 0.5) is 13.2 Å². The SMILES string of the molecule is O=C(NCCC(F)(F)F)c1cc2ccccc2[nH]1. The molecule has 0 aliphatic rings. The van der Waals surface area contributed by atoms with Gasteiger partial charge in [0.15, 0.2) is 0 Å². The Morgan fingerprint density at radius 3 is 2.67 bits per heavy atom. The number of aromatic nitrogens is 1. The van der Waals surface area contributed by atoms with Gasteiger partial charge in [-0.3, -0.25) is 4.79 Å². The van der Waals surface area contributed by atoms with Gasteiger partial charge < -0.3 is 10.3 Å². The molecule has 0 unspecified atom stereocenters. The molecular formula is C12H11F3N2O. The highest BCUT2D eigenvalue weighted by molar-refractivity contribution is 5.97. The minimum atomic E-state index is -4.26. The lowest BCUT2D eigenvalue weighted by Gasteiger charge is -2.06. The number of amides is 1. The molecule has 18 heavy (non-hydrogen) atoms. The fourth-order valence-electron chi connectivity index (χ4n) is 1.61. The Bertz CT molecular complexity index is 527. The van der Waals surface area contributed by atoms with Crippen LogP contribution in [0, 0.1) is 0 Å². The molecule has 0 aliphatic carbocycles. The molecule has 0 atom stereocenters. The van der Waals surface area contributed by atoms with Crippen LogP contribution in [-0.2, 0) is 0 Å². The van der Waals surface area contributed by atoms with Gasteiger partial charge >= 0.3 is 6.18 Å². The number of aromatic amines is 1. The summed E-state index contributed by atoms with van der Waals surface area (Å²) in [6.07, 6.45) is -5.29. The molecule has 1 amide bonds. The van der Waals surface area contributed by atoms with Crippen molar-refractivity contribution in [2.45, 2.75) is 12.6 Å². The number of H-pyrrole nitrogens is 1. The molecule has 1 aromatic heterocycles. The van der Waals surface area contributed by atoms with Crippen molar-refractivity contribution in [2.75, 3.05) is 6.54 Å². The maximum atomic E-state index is 11.9. The van der Waals surface area contributed by atoms with Crippen molar-refractivity contribution >= 4 is 16.8 Å². The summed E-state index contributed by atoms with van der Waals surface area (Å²) in [7, 11) is 0. The third-order valence-corrected chi connectivity index (χ3v) is 2.47. The number of fused-ring (bicyclic) bond motifs is 1. The predicted octanol–water partition coefficient (Wildman–Crippen LogP) is 2.85. The first-order valence-corrected chi connectivity index (χ1v) is 5.38. The molecule has 0 saturated carbocycles. The van der Waals surface area contributed by atoms with Gasteiger partial charge in [-0.2, -0.15) is 13.2 Å². The molecule has 0 bridgehead atoms. The van der Waals surface area contributed by atoms with Crippen molar-refractivity contribution < 1.29 is 18.0 Å². The van der Waals surface area contributed by atoms with E-state index in [1.54, 1.807) is 12.1 Å². The van der Waals surface area contributed by atoms with Gasteiger partial charge in [-0.05, 0) is 12.1 Å². The molecule has 0 saturated heterocycles. The van der Waals surface area contributed by atoms with Gasteiger partial charge in [-0.1, -0.05) is 18.2 Å². The Labute approximate surface area is 101 Å². The minimum absolute atomic E-state index is 0.262. The Hall–Kier alpha value is -1.98. The molecule has 3 nitrogen and oxygen atoms in total. The number of hydrogen-bond acceptors (Lipinski definition) is 1. The second kappa shape index (κ2) is 4.72. The smallest absolute Gasteiger partial charge is 0.351 e. The number of para-hydroxylation sites is 1. The lowest BCUT2D eigenvalue weighted by Crippen LogP contribution is -2.28. The molecule has 2 aromatic rings. The van der Waals surface area contributed by atoms with E-state index in [0.717, 1.165) is 10.9 Å². The van der Waals surface area contributed by atoms with Crippen LogP contribution in [-0.4, -0.2) is 23.6 Å². The summed E-state index contributed by atoms with van der Waals surface area (Å²) in [4.78, 5) is 14.4. The summed E-state index contributed by atoms with van der Waals surface area (Å²) < 4.78 is 35.8. The van der Waals surface area contributed by atoms with Crippen molar-refractivity contribution in [3.05, 3.63) is 36.0 Å². The van der Waals surface area contributed by atoms with E-state index in [4.69, 9.17) is 0 Å². The van der Waals surface area contributed by atoms with E-state index < -0.39 is 25.0 Å². The summed E-state index contributed by atoms with van der Waals surface area (Å²) in [6.45, 7) is -0.419. The topological polar surface area (TPSA) is 44.9 Å². The van der Waals surface area contributed by atoms with E-state index >= 15 is 0 Å². The van der Waals surface area contributed by atoms with Crippen molar-refractivity contribution in [1.29, 1.82) is 0 Å². The van der Waals surface area contributed by atoms with Gasteiger partial charge in [0.2, 0.25) is 0 Å². The number of rotatable bonds is 3. The van der Waals surface area contributed by atoms with Crippen LogP contribution in [0.1, 0.15) is 16.9 Å². The highest BCUT2D eigenvalue weighted by Crippen LogP contribution is 2.18. The Kier molecular flexibility index (Phi) is 3.27. The normalized spacial score (nSPS) is 11.7. The lowest BCUT2D eigenvalue weighted by molar-refractivity contribution is -0.132. The molecule has 0 radical (unpaired) electrons. The molecule has 2 rings (SSSR count). The van der Waals surface area contributed by atoms with E-state index in [2.05, 4.69) is 10.3 Å². The van der Waals surface area contributed by atoms with Gasteiger partial charge in [-0.25, -0.2) is 0 Å². The van der Waals surface area contributed by atoms with Crippen LogP contribution in [0.3, 0.4) is 0 Å². The van der Waals surface area contributed by atoms with Gasteiger partial charge in [0.1, 0.15) is 5.69 Å². The Morgan fingerprint density at radius 1 is 1.28 bits per heavy atom. The second-order valence-corrected chi connectivity index (χ2v) is 3.89. The van der Waals surface area contributed by atoms with Crippen LogP contribution in [0.5, 0.6) is 0 Å². The molecule has 96 valence electrons. The highest BCUT2D eigenvalue weighted by atomic mass is 19.4. The van der Waals surface area contributed by atoms with E-state index in [1.807, 2.05) is 18.2 Å². The molecule has 0 fully saturated rings. The monoisotopic (exact) mass is 256 g/mol. The fraction of sp³-hybridized carbons (Fsp3) is 0.250.